The maximum atomic E-state index is 13.7. The quantitative estimate of drug-likeness (QED) is 0.377. The number of hydrogen-bond acceptors (Lipinski definition) is 4. The molecule has 0 amide bonds. The highest BCUT2D eigenvalue weighted by atomic mass is 32.1. The molecule has 2 aromatic heterocycles. The van der Waals surface area contributed by atoms with Gasteiger partial charge in [-0.2, -0.15) is 0 Å². The Morgan fingerprint density at radius 3 is 2.61 bits per heavy atom. The van der Waals surface area contributed by atoms with Crippen LogP contribution in [0, 0.1) is 5.82 Å². The van der Waals surface area contributed by atoms with Crippen molar-refractivity contribution in [2.24, 2.45) is 0 Å². The maximum absolute atomic E-state index is 13.7. The van der Waals surface area contributed by atoms with E-state index in [1.165, 1.54) is 29.0 Å². The smallest absolute Gasteiger partial charge is 0.263 e. The Morgan fingerprint density at radius 1 is 1.16 bits per heavy atom. The van der Waals surface area contributed by atoms with Crippen molar-refractivity contribution in [2.45, 2.75) is 32.7 Å². The van der Waals surface area contributed by atoms with Crippen molar-refractivity contribution in [1.82, 2.24) is 9.55 Å². The number of rotatable bonds is 7. The van der Waals surface area contributed by atoms with Gasteiger partial charge in [0, 0.05) is 24.5 Å². The van der Waals surface area contributed by atoms with E-state index in [4.69, 9.17) is 9.72 Å². The van der Waals surface area contributed by atoms with Crippen molar-refractivity contribution < 1.29 is 9.13 Å². The predicted octanol–water partition coefficient (Wildman–Crippen LogP) is 5.62. The minimum absolute atomic E-state index is 0.107. The highest BCUT2D eigenvalue weighted by Crippen LogP contribution is 2.32. The molecular weight excluding hydrogens is 411 g/mol. The molecule has 0 radical (unpaired) electrons. The zero-order valence-electron chi connectivity index (χ0n) is 17.9. The number of hydrogen-bond donors (Lipinski definition) is 0. The van der Waals surface area contributed by atoms with Gasteiger partial charge >= 0.3 is 0 Å². The molecule has 2 heterocycles. The first kappa shape index (κ1) is 21.4. The van der Waals surface area contributed by atoms with Gasteiger partial charge in [0.05, 0.1) is 18.5 Å². The second kappa shape index (κ2) is 9.12. The number of methoxy groups -OCH3 is 1. The highest BCUT2D eigenvalue weighted by Gasteiger charge is 2.17. The minimum Gasteiger partial charge on any atom is -0.384 e. The van der Waals surface area contributed by atoms with Crippen LogP contribution in [0.3, 0.4) is 0 Å². The standard InChI is InChI=1S/C25H25FN2O2S/c1-16(2)18-7-9-19(10-8-18)21-15-31-24-23(21)25(29)28(22(27-24)11-12-30-3)14-17-5-4-6-20(26)13-17/h4-10,13,15-16H,11-12,14H2,1-3H3. The lowest BCUT2D eigenvalue weighted by molar-refractivity contribution is 0.199. The molecule has 160 valence electrons. The Hall–Kier alpha value is -2.83. The van der Waals surface area contributed by atoms with Crippen LogP contribution >= 0.6 is 11.3 Å². The van der Waals surface area contributed by atoms with E-state index in [0.717, 1.165) is 21.5 Å². The monoisotopic (exact) mass is 436 g/mol. The Morgan fingerprint density at radius 2 is 1.94 bits per heavy atom. The van der Waals surface area contributed by atoms with Gasteiger partial charge in [-0.3, -0.25) is 9.36 Å². The number of aromatic nitrogens is 2. The summed E-state index contributed by atoms with van der Waals surface area (Å²) in [5, 5.41) is 2.61. The number of fused-ring (bicyclic) bond motifs is 1. The molecule has 0 aliphatic heterocycles. The van der Waals surface area contributed by atoms with Crippen molar-refractivity contribution in [3.63, 3.8) is 0 Å². The molecule has 0 saturated heterocycles. The van der Waals surface area contributed by atoms with E-state index >= 15 is 0 Å². The number of nitrogens with zero attached hydrogens (tertiary/aromatic N) is 2. The zero-order valence-corrected chi connectivity index (χ0v) is 18.7. The molecule has 4 nitrogen and oxygen atoms in total. The predicted molar refractivity (Wildman–Crippen MR) is 124 cm³/mol. The molecule has 2 aromatic carbocycles. The fraction of sp³-hybridized carbons (Fsp3) is 0.280. The molecule has 0 bridgehead atoms. The van der Waals surface area contributed by atoms with Crippen molar-refractivity contribution in [3.05, 3.63) is 87.0 Å². The molecule has 4 rings (SSSR count). The summed E-state index contributed by atoms with van der Waals surface area (Å²) in [6.07, 6.45) is 0.507. The van der Waals surface area contributed by atoms with Crippen LogP contribution in [0.2, 0.25) is 0 Å². The van der Waals surface area contributed by atoms with E-state index in [9.17, 15) is 9.18 Å². The van der Waals surface area contributed by atoms with Gasteiger partial charge in [0.15, 0.2) is 0 Å². The molecule has 0 atom stereocenters. The number of ether oxygens (including phenoxy) is 1. The summed E-state index contributed by atoms with van der Waals surface area (Å²) < 4.78 is 20.6. The first-order valence-electron chi connectivity index (χ1n) is 10.3. The van der Waals surface area contributed by atoms with Crippen LogP contribution in [-0.2, 0) is 17.7 Å². The van der Waals surface area contributed by atoms with Crippen molar-refractivity contribution in [2.75, 3.05) is 13.7 Å². The van der Waals surface area contributed by atoms with E-state index in [0.29, 0.717) is 30.2 Å². The first-order valence-corrected chi connectivity index (χ1v) is 11.2. The highest BCUT2D eigenvalue weighted by molar-refractivity contribution is 7.17. The van der Waals surface area contributed by atoms with Crippen LogP contribution in [0.5, 0.6) is 0 Å². The lowest BCUT2D eigenvalue weighted by atomic mass is 9.99. The summed E-state index contributed by atoms with van der Waals surface area (Å²) in [7, 11) is 1.62. The third-order valence-corrected chi connectivity index (χ3v) is 6.29. The third kappa shape index (κ3) is 4.45. The summed E-state index contributed by atoms with van der Waals surface area (Å²) >= 11 is 1.47. The fourth-order valence-electron chi connectivity index (χ4n) is 3.69. The molecule has 0 spiro atoms. The van der Waals surface area contributed by atoms with Crippen LogP contribution in [0.1, 0.15) is 36.7 Å². The first-order chi connectivity index (χ1) is 15.0. The minimum atomic E-state index is -0.320. The summed E-state index contributed by atoms with van der Waals surface area (Å²) in [6, 6.07) is 14.7. The van der Waals surface area contributed by atoms with Gasteiger partial charge in [-0.25, -0.2) is 9.37 Å². The average molecular weight is 437 g/mol. The van der Waals surface area contributed by atoms with Gasteiger partial charge in [-0.1, -0.05) is 50.2 Å². The Balaban J connectivity index is 1.85. The Kier molecular flexibility index (Phi) is 6.30. The van der Waals surface area contributed by atoms with Gasteiger partial charge in [0.25, 0.3) is 5.56 Å². The van der Waals surface area contributed by atoms with Gasteiger partial charge in [-0.05, 0) is 34.7 Å². The molecule has 0 saturated carbocycles. The Labute approximate surface area is 185 Å². The Bertz CT molecular complexity index is 1260. The molecule has 0 N–H and O–H groups in total. The summed E-state index contributed by atoms with van der Waals surface area (Å²) in [5.74, 6) is 0.772. The van der Waals surface area contributed by atoms with Crippen LogP contribution in [-0.4, -0.2) is 23.3 Å². The van der Waals surface area contributed by atoms with Crippen LogP contribution < -0.4 is 5.56 Å². The molecule has 31 heavy (non-hydrogen) atoms. The maximum Gasteiger partial charge on any atom is 0.263 e. The SMILES string of the molecule is COCCc1nc2scc(-c3ccc(C(C)C)cc3)c2c(=O)n1Cc1cccc(F)c1. The van der Waals surface area contributed by atoms with Crippen LogP contribution in [0.15, 0.2) is 58.7 Å². The summed E-state index contributed by atoms with van der Waals surface area (Å²) in [5.41, 5.74) is 3.76. The summed E-state index contributed by atoms with van der Waals surface area (Å²) in [6.45, 7) is 5.03. The second-order valence-corrected chi connectivity index (χ2v) is 8.76. The number of benzene rings is 2. The zero-order chi connectivity index (χ0) is 22.0. The van der Waals surface area contributed by atoms with Crippen LogP contribution in [0.25, 0.3) is 21.3 Å². The van der Waals surface area contributed by atoms with Crippen molar-refractivity contribution >= 4 is 21.6 Å². The van der Waals surface area contributed by atoms with E-state index in [1.807, 2.05) is 11.4 Å². The van der Waals surface area contributed by atoms with Gasteiger partial charge in [0.1, 0.15) is 16.5 Å². The molecule has 0 fully saturated rings. The number of halogens is 1. The second-order valence-electron chi connectivity index (χ2n) is 7.90. The number of thiophene rings is 1. The van der Waals surface area contributed by atoms with Crippen LogP contribution in [0.4, 0.5) is 4.39 Å². The van der Waals surface area contributed by atoms with E-state index in [-0.39, 0.29) is 17.9 Å². The summed E-state index contributed by atoms with van der Waals surface area (Å²) in [4.78, 5) is 19.1. The lowest BCUT2D eigenvalue weighted by Gasteiger charge is -2.13. The van der Waals surface area contributed by atoms with Crippen molar-refractivity contribution in [3.8, 4) is 11.1 Å². The van der Waals surface area contributed by atoms with Gasteiger partial charge in [-0.15, -0.1) is 11.3 Å². The molecule has 6 heteroatoms. The van der Waals surface area contributed by atoms with E-state index in [2.05, 4.69) is 38.1 Å². The average Bonchev–Trinajstić information content (AvgIpc) is 3.19. The lowest BCUT2D eigenvalue weighted by Crippen LogP contribution is -2.26. The molecule has 0 aliphatic rings. The third-order valence-electron chi connectivity index (χ3n) is 5.42. The molecule has 0 unspecified atom stereocenters. The molecule has 4 aromatic rings. The van der Waals surface area contributed by atoms with Gasteiger partial charge < -0.3 is 4.74 Å². The van der Waals surface area contributed by atoms with Crippen molar-refractivity contribution in [1.29, 1.82) is 0 Å². The molecule has 0 aliphatic carbocycles. The molecular formula is C25H25FN2O2S. The van der Waals surface area contributed by atoms with E-state index < -0.39 is 0 Å². The largest absolute Gasteiger partial charge is 0.384 e. The normalized spacial score (nSPS) is 11.5. The van der Waals surface area contributed by atoms with Gasteiger partial charge in [0.2, 0.25) is 0 Å². The fourth-order valence-corrected chi connectivity index (χ4v) is 4.65. The topological polar surface area (TPSA) is 44.1 Å². The van der Waals surface area contributed by atoms with E-state index in [1.54, 1.807) is 17.7 Å².